The smallest absolute Gasteiger partial charge is 0.270 e. The van der Waals surface area contributed by atoms with Crippen molar-refractivity contribution in [3.63, 3.8) is 0 Å². The summed E-state index contributed by atoms with van der Waals surface area (Å²) in [5.74, 6) is -0.258. The Morgan fingerprint density at radius 2 is 2.45 bits per heavy atom. The van der Waals surface area contributed by atoms with Gasteiger partial charge in [0.1, 0.15) is 10.7 Å². The van der Waals surface area contributed by atoms with Gasteiger partial charge in [-0.1, -0.05) is 23.0 Å². The number of nitrogens with one attached hydrogen (secondary N) is 2. The van der Waals surface area contributed by atoms with E-state index in [0.717, 1.165) is 18.0 Å². The molecule has 0 aliphatic carbocycles. The number of rotatable bonds is 5. The molecule has 9 nitrogen and oxygen atoms in total. The van der Waals surface area contributed by atoms with Crippen molar-refractivity contribution < 1.29 is 10.0 Å². The van der Waals surface area contributed by atoms with Crippen LogP contribution in [0.15, 0.2) is 11.4 Å². The zero-order valence-electron chi connectivity index (χ0n) is 10.6. The van der Waals surface area contributed by atoms with Crippen molar-refractivity contribution in [1.82, 2.24) is 19.8 Å². The molecule has 0 spiro atoms. The molecule has 10 heteroatoms. The fourth-order valence-electron chi connectivity index (χ4n) is 1.58. The molecule has 20 heavy (non-hydrogen) atoms. The molecule has 5 N–H and O–H groups in total. The van der Waals surface area contributed by atoms with E-state index in [9.17, 15) is 4.79 Å². The second kappa shape index (κ2) is 6.10. The van der Waals surface area contributed by atoms with Crippen LogP contribution in [0.2, 0.25) is 0 Å². The maximum atomic E-state index is 12.2. The average molecular weight is 295 g/mol. The number of H-pyrrole nitrogens is 1. The number of aromatic nitrogens is 4. The number of hydrogen-bond acceptors (Lipinski definition) is 7. The van der Waals surface area contributed by atoms with Gasteiger partial charge in [-0.05, 0) is 18.0 Å². The number of carbonyl (C=O) groups is 1. The number of nitrogens with two attached hydrogens (primary N) is 1. The fraction of sp³-hybridized carbons (Fsp3) is 0.300. The first-order valence-corrected chi connectivity index (χ1v) is 6.58. The number of anilines is 1. The van der Waals surface area contributed by atoms with E-state index in [1.54, 1.807) is 0 Å². The third-order valence-corrected chi connectivity index (χ3v) is 3.28. The largest absolute Gasteiger partial charge is 0.409 e. The molecule has 0 aliphatic rings. The lowest BCUT2D eigenvalue weighted by molar-refractivity contribution is 0.102. The van der Waals surface area contributed by atoms with Crippen LogP contribution in [-0.4, -0.2) is 36.7 Å². The number of nitrogens with zero attached hydrogens (tertiary/aromatic N) is 4. The van der Waals surface area contributed by atoms with Crippen LogP contribution < -0.4 is 11.1 Å². The van der Waals surface area contributed by atoms with Crippen molar-refractivity contribution in [2.24, 2.45) is 10.9 Å². The van der Waals surface area contributed by atoms with Crippen molar-refractivity contribution in [2.45, 2.75) is 19.8 Å². The molecule has 2 aromatic rings. The Morgan fingerprint density at radius 3 is 3.15 bits per heavy atom. The Balaban J connectivity index is 2.20. The summed E-state index contributed by atoms with van der Waals surface area (Å²) in [5.41, 5.74) is 6.43. The number of oxime groups is 1. The highest BCUT2D eigenvalue weighted by molar-refractivity contribution is 7.08. The standard InChI is InChI=1S/C10H13N7O2S/c1-2-3-6-7(20-17-14-6)10(18)13-9-5(4-12-15-9)8(11)16-19/h4,19H,2-3H2,1H3,(H2,11,16)(H2,12,13,15,18). The Labute approximate surface area is 118 Å². The number of aryl methyl sites for hydroxylation is 1. The van der Waals surface area contributed by atoms with E-state index in [1.807, 2.05) is 6.92 Å². The number of carbonyl (C=O) groups excluding carboxylic acids is 1. The van der Waals surface area contributed by atoms with Gasteiger partial charge in [-0.3, -0.25) is 9.89 Å². The monoisotopic (exact) mass is 295 g/mol. The molecular weight excluding hydrogens is 282 g/mol. The second-order valence-electron chi connectivity index (χ2n) is 3.90. The van der Waals surface area contributed by atoms with Crippen LogP contribution >= 0.6 is 11.5 Å². The maximum Gasteiger partial charge on any atom is 0.270 e. The summed E-state index contributed by atoms with van der Waals surface area (Å²) in [7, 11) is 0. The van der Waals surface area contributed by atoms with E-state index < -0.39 is 0 Å². The van der Waals surface area contributed by atoms with Gasteiger partial charge in [0.25, 0.3) is 5.91 Å². The van der Waals surface area contributed by atoms with Crippen LogP contribution in [0.25, 0.3) is 0 Å². The SMILES string of the molecule is CCCc1nnsc1C(=O)Nc1[nH]ncc1C(N)=NO. The van der Waals surface area contributed by atoms with E-state index in [2.05, 4.69) is 30.3 Å². The highest BCUT2D eigenvalue weighted by Crippen LogP contribution is 2.16. The van der Waals surface area contributed by atoms with Gasteiger partial charge < -0.3 is 16.3 Å². The van der Waals surface area contributed by atoms with E-state index in [4.69, 9.17) is 10.9 Å². The summed E-state index contributed by atoms with van der Waals surface area (Å²) in [6.45, 7) is 1.99. The van der Waals surface area contributed by atoms with Gasteiger partial charge in [-0.25, -0.2) is 0 Å². The minimum Gasteiger partial charge on any atom is -0.409 e. The zero-order valence-corrected chi connectivity index (χ0v) is 11.4. The number of hydrogen-bond donors (Lipinski definition) is 4. The van der Waals surface area contributed by atoms with Gasteiger partial charge in [0.05, 0.1) is 17.5 Å². The van der Waals surface area contributed by atoms with Crippen molar-refractivity contribution in [3.8, 4) is 0 Å². The molecule has 2 rings (SSSR count). The molecule has 0 fully saturated rings. The zero-order chi connectivity index (χ0) is 14.5. The van der Waals surface area contributed by atoms with Crippen LogP contribution in [0, 0.1) is 0 Å². The summed E-state index contributed by atoms with van der Waals surface area (Å²) in [6.07, 6.45) is 2.89. The van der Waals surface area contributed by atoms with Gasteiger partial charge in [0, 0.05) is 0 Å². The van der Waals surface area contributed by atoms with Crippen molar-refractivity contribution in [3.05, 3.63) is 22.3 Å². The van der Waals surface area contributed by atoms with Crippen LogP contribution in [0.5, 0.6) is 0 Å². The predicted octanol–water partition coefficient (Wildman–Crippen LogP) is 0.560. The predicted molar refractivity (Wildman–Crippen MR) is 73.0 cm³/mol. The molecule has 2 aromatic heterocycles. The molecule has 0 saturated heterocycles. The van der Waals surface area contributed by atoms with E-state index in [-0.39, 0.29) is 17.6 Å². The summed E-state index contributed by atoms with van der Waals surface area (Å²) in [4.78, 5) is 12.6. The lowest BCUT2D eigenvalue weighted by Crippen LogP contribution is -2.18. The molecular formula is C10H13N7O2S. The third kappa shape index (κ3) is 2.74. The highest BCUT2D eigenvalue weighted by Gasteiger charge is 2.18. The number of aromatic amines is 1. The minimum absolute atomic E-state index is 0.148. The first kappa shape index (κ1) is 13.9. The topological polar surface area (TPSA) is 142 Å². The van der Waals surface area contributed by atoms with E-state index >= 15 is 0 Å². The van der Waals surface area contributed by atoms with E-state index in [0.29, 0.717) is 22.6 Å². The molecule has 0 radical (unpaired) electrons. The van der Waals surface area contributed by atoms with E-state index in [1.165, 1.54) is 6.20 Å². The molecule has 0 aromatic carbocycles. The molecule has 0 saturated carbocycles. The quantitative estimate of drug-likeness (QED) is 0.275. The molecule has 106 valence electrons. The molecule has 1 amide bonds. The average Bonchev–Trinajstić information content (AvgIpc) is 3.07. The molecule has 2 heterocycles. The molecule has 0 atom stereocenters. The summed E-state index contributed by atoms with van der Waals surface area (Å²) in [6, 6.07) is 0. The number of amidine groups is 1. The first-order valence-electron chi connectivity index (χ1n) is 5.81. The lowest BCUT2D eigenvalue weighted by Gasteiger charge is -2.04. The van der Waals surface area contributed by atoms with Gasteiger partial charge in [-0.15, -0.1) is 5.10 Å². The van der Waals surface area contributed by atoms with Gasteiger partial charge in [-0.2, -0.15) is 5.10 Å². The maximum absolute atomic E-state index is 12.2. The fourth-order valence-corrected chi connectivity index (χ4v) is 2.18. The van der Waals surface area contributed by atoms with Crippen LogP contribution in [0.1, 0.15) is 34.3 Å². The Kier molecular flexibility index (Phi) is 4.25. The third-order valence-electron chi connectivity index (χ3n) is 2.51. The minimum atomic E-state index is -0.361. The Bertz CT molecular complexity index is 633. The normalized spacial score (nSPS) is 11.6. The number of amides is 1. The highest BCUT2D eigenvalue weighted by atomic mass is 32.1. The van der Waals surface area contributed by atoms with Gasteiger partial charge >= 0.3 is 0 Å². The first-order chi connectivity index (χ1) is 9.67. The molecule has 0 bridgehead atoms. The molecule has 0 aliphatic heterocycles. The Hall–Kier alpha value is -2.49. The Morgan fingerprint density at radius 1 is 1.65 bits per heavy atom. The second-order valence-corrected chi connectivity index (χ2v) is 4.65. The van der Waals surface area contributed by atoms with Crippen molar-refractivity contribution >= 4 is 29.1 Å². The van der Waals surface area contributed by atoms with Crippen molar-refractivity contribution in [2.75, 3.05) is 5.32 Å². The van der Waals surface area contributed by atoms with Gasteiger partial charge in [0.15, 0.2) is 5.84 Å². The van der Waals surface area contributed by atoms with Crippen LogP contribution in [0.4, 0.5) is 5.82 Å². The van der Waals surface area contributed by atoms with Crippen LogP contribution in [-0.2, 0) is 6.42 Å². The summed E-state index contributed by atoms with van der Waals surface area (Å²) in [5, 5.41) is 24.4. The molecule has 0 unspecified atom stereocenters. The summed E-state index contributed by atoms with van der Waals surface area (Å²) < 4.78 is 3.78. The van der Waals surface area contributed by atoms with Crippen LogP contribution in [0.3, 0.4) is 0 Å². The van der Waals surface area contributed by atoms with Gasteiger partial charge in [0.2, 0.25) is 0 Å². The van der Waals surface area contributed by atoms with Crippen molar-refractivity contribution in [1.29, 1.82) is 0 Å². The lowest BCUT2D eigenvalue weighted by atomic mass is 10.2. The summed E-state index contributed by atoms with van der Waals surface area (Å²) >= 11 is 1.02.